The number of fused-ring (bicyclic) bond motifs is 1. The quantitative estimate of drug-likeness (QED) is 0.372. The van der Waals surface area contributed by atoms with Crippen molar-refractivity contribution in [2.24, 2.45) is 11.0 Å². The molecule has 1 aromatic carbocycles. The Morgan fingerprint density at radius 2 is 1.97 bits per heavy atom. The van der Waals surface area contributed by atoms with Crippen molar-refractivity contribution in [1.29, 1.82) is 0 Å². The number of hydrogen-bond acceptors (Lipinski definition) is 5. The molecular formula is C26H25ClN2O2S2. The Hall–Kier alpha value is -2.41. The second kappa shape index (κ2) is 9.45. The summed E-state index contributed by atoms with van der Waals surface area (Å²) >= 11 is 9.68. The summed E-state index contributed by atoms with van der Waals surface area (Å²) in [6.07, 6.45) is 5.37. The first-order valence-corrected chi connectivity index (χ1v) is 13.2. The summed E-state index contributed by atoms with van der Waals surface area (Å²) in [4.78, 5) is 15.8. The smallest absolute Gasteiger partial charge is 0.281 e. The Labute approximate surface area is 207 Å². The number of carbonyl (C=O) groups is 1. The van der Waals surface area contributed by atoms with Crippen LogP contribution >= 0.6 is 34.3 Å². The van der Waals surface area contributed by atoms with Gasteiger partial charge in [-0.25, -0.2) is 5.01 Å². The molecule has 1 aliphatic carbocycles. The van der Waals surface area contributed by atoms with E-state index in [1.165, 1.54) is 15.3 Å². The Kier molecular flexibility index (Phi) is 6.41. The largest absolute Gasteiger partial charge is 0.484 e. The normalized spacial score (nSPS) is 21.2. The van der Waals surface area contributed by atoms with Gasteiger partial charge in [0.2, 0.25) is 0 Å². The highest BCUT2D eigenvalue weighted by Gasteiger charge is 2.44. The highest BCUT2D eigenvalue weighted by Crippen LogP contribution is 2.45. The number of benzene rings is 1. The molecule has 3 heterocycles. The molecule has 1 fully saturated rings. The molecule has 0 N–H and O–H groups in total. The van der Waals surface area contributed by atoms with Crippen LogP contribution in [-0.4, -0.2) is 23.2 Å². The van der Waals surface area contributed by atoms with E-state index in [2.05, 4.69) is 35.0 Å². The lowest BCUT2D eigenvalue weighted by Gasteiger charge is -2.28. The van der Waals surface area contributed by atoms with Crippen molar-refractivity contribution in [1.82, 2.24) is 5.01 Å². The number of rotatable bonds is 5. The summed E-state index contributed by atoms with van der Waals surface area (Å²) in [5.74, 6) is 0.738. The number of aryl methyl sites for hydroxylation is 2. The molecule has 0 spiro atoms. The highest BCUT2D eigenvalue weighted by atomic mass is 35.5. The molecule has 0 unspecified atom stereocenters. The van der Waals surface area contributed by atoms with Gasteiger partial charge in [0.25, 0.3) is 5.91 Å². The van der Waals surface area contributed by atoms with Gasteiger partial charge in [-0.3, -0.25) is 4.79 Å². The second-order valence-electron chi connectivity index (χ2n) is 8.53. The maximum atomic E-state index is 13.4. The third kappa shape index (κ3) is 4.52. The lowest BCUT2D eigenvalue weighted by Crippen LogP contribution is -2.34. The third-order valence-electron chi connectivity index (χ3n) is 6.22. The zero-order valence-corrected chi connectivity index (χ0v) is 21.0. The molecule has 0 bridgehead atoms. The van der Waals surface area contributed by atoms with Crippen LogP contribution in [-0.2, 0) is 4.79 Å². The summed E-state index contributed by atoms with van der Waals surface area (Å²) in [6, 6.07) is 12.0. The van der Waals surface area contributed by atoms with Crippen LogP contribution in [0.15, 0.2) is 57.8 Å². The molecule has 0 saturated heterocycles. The van der Waals surface area contributed by atoms with E-state index in [4.69, 9.17) is 21.4 Å². The average molecular weight is 497 g/mol. The van der Waals surface area contributed by atoms with E-state index in [0.717, 1.165) is 41.1 Å². The topological polar surface area (TPSA) is 41.9 Å². The Morgan fingerprint density at radius 3 is 2.67 bits per heavy atom. The fourth-order valence-electron chi connectivity index (χ4n) is 4.69. The molecule has 5 rings (SSSR count). The van der Waals surface area contributed by atoms with Gasteiger partial charge in [0, 0.05) is 20.7 Å². The van der Waals surface area contributed by atoms with Crippen molar-refractivity contribution in [2.45, 2.75) is 39.2 Å². The zero-order chi connectivity index (χ0) is 22.9. The van der Waals surface area contributed by atoms with Crippen molar-refractivity contribution in [2.75, 3.05) is 6.61 Å². The predicted molar refractivity (Wildman–Crippen MR) is 137 cm³/mol. The van der Waals surface area contributed by atoms with Crippen LogP contribution in [0, 0.1) is 19.8 Å². The van der Waals surface area contributed by atoms with Crippen LogP contribution in [0.3, 0.4) is 0 Å². The molecule has 33 heavy (non-hydrogen) atoms. The van der Waals surface area contributed by atoms with Gasteiger partial charge in [-0.15, -0.1) is 22.7 Å². The van der Waals surface area contributed by atoms with Crippen molar-refractivity contribution >= 4 is 52.0 Å². The summed E-state index contributed by atoms with van der Waals surface area (Å²) in [5, 5.41) is 11.5. The minimum atomic E-state index is -0.129. The fraction of sp³-hybridized carbons (Fsp3) is 0.308. The van der Waals surface area contributed by atoms with Crippen LogP contribution in [0.25, 0.3) is 6.08 Å². The van der Waals surface area contributed by atoms with E-state index in [1.807, 2.05) is 32.0 Å². The van der Waals surface area contributed by atoms with Gasteiger partial charge in [-0.2, -0.15) is 5.10 Å². The average Bonchev–Trinajstić information content (AvgIpc) is 3.56. The molecule has 7 heteroatoms. The molecule has 2 aliphatic rings. The van der Waals surface area contributed by atoms with Crippen molar-refractivity contribution in [3.8, 4) is 5.75 Å². The molecule has 1 amide bonds. The molecule has 4 nitrogen and oxygen atoms in total. The number of ether oxygens (including phenoxy) is 1. The van der Waals surface area contributed by atoms with Gasteiger partial charge in [0.05, 0.1) is 11.8 Å². The SMILES string of the molecule is Cc1cc(OCC(=O)N2N=C3/C(=C/c4cccs4)CCC[C@@H]3[C@H]2c2cccs2)cc(C)c1Cl. The predicted octanol–water partition coefficient (Wildman–Crippen LogP) is 7.28. The molecule has 1 saturated carbocycles. The fourth-order valence-corrected chi connectivity index (χ4v) is 6.36. The molecule has 1 aliphatic heterocycles. The lowest BCUT2D eigenvalue weighted by atomic mass is 9.79. The third-order valence-corrected chi connectivity index (χ3v) is 8.58. The summed E-state index contributed by atoms with van der Waals surface area (Å²) in [6.45, 7) is 3.82. The van der Waals surface area contributed by atoms with Gasteiger partial charge in [0.15, 0.2) is 6.61 Å². The van der Waals surface area contributed by atoms with E-state index in [-0.39, 0.29) is 24.5 Å². The zero-order valence-electron chi connectivity index (χ0n) is 18.6. The number of amides is 1. The molecule has 2 aromatic heterocycles. The second-order valence-corrected chi connectivity index (χ2v) is 10.9. The van der Waals surface area contributed by atoms with Crippen molar-refractivity contribution in [3.63, 3.8) is 0 Å². The number of allylic oxidation sites excluding steroid dienone is 1. The lowest BCUT2D eigenvalue weighted by molar-refractivity contribution is -0.135. The number of hydrogen-bond donors (Lipinski definition) is 0. The summed E-state index contributed by atoms with van der Waals surface area (Å²) in [5.41, 5.74) is 4.17. The van der Waals surface area contributed by atoms with E-state index < -0.39 is 0 Å². The highest BCUT2D eigenvalue weighted by molar-refractivity contribution is 7.11. The van der Waals surface area contributed by atoms with Crippen LogP contribution in [0.1, 0.15) is 46.2 Å². The van der Waals surface area contributed by atoms with E-state index in [9.17, 15) is 4.79 Å². The van der Waals surface area contributed by atoms with Crippen LogP contribution in [0.4, 0.5) is 0 Å². The first-order chi connectivity index (χ1) is 16.0. The van der Waals surface area contributed by atoms with E-state index in [1.54, 1.807) is 27.7 Å². The minimum absolute atomic E-state index is 0.0597. The van der Waals surface area contributed by atoms with Crippen LogP contribution in [0.5, 0.6) is 5.75 Å². The molecule has 170 valence electrons. The molecular weight excluding hydrogens is 472 g/mol. The molecule has 2 atom stereocenters. The monoisotopic (exact) mass is 496 g/mol. The Morgan fingerprint density at radius 1 is 1.21 bits per heavy atom. The van der Waals surface area contributed by atoms with Crippen molar-refractivity contribution < 1.29 is 9.53 Å². The maximum Gasteiger partial charge on any atom is 0.281 e. The van der Waals surface area contributed by atoms with Crippen LogP contribution < -0.4 is 4.74 Å². The number of halogens is 1. The van der Waals surface area contributed by atoms with Gasteiger partial charge in [0.1, 0.15) is 5.75 Å². The first kappa shape index (κ1) is 22.4. The Bertz CT molecular complexity index is 1190. The van der Waals surface area contributed by atoms with Crippen molar-refractivity contribution in [3.05, 3.63) is 78.6 Å². The van der Waals surface area contributed by atoms with Gasteiger partial charge in [-0.05, 0) is 90.9 Å². The number of thiophene rings is 2. The first-order valence-electron chi connectivity index (χ1n) is 11.1. The molecule has 3 aromatic rings. The standard InChI is InChI=1S/C26H25ClN2O2S2/c1-16-12-19(13-17(2)24(16)27)31-15-23(30)29-26(22-9-5-11-33-22)21-8-3-6-18(25(21)28-29)14-20-7-4-10-32-20/h4-5,7,9-14,21,26H,3,6,8,15H2,1-2H3/b18-14+/t21-,26-/m0/s1. The maximum absolute atomic E-state index is 13.4. The molecule has 0 radical (unpaired) electrons. The Balaban J connectivity index is 1.42. The number of nitrogens with zero attached hydrogens (tertiary/aromatic N) is 2. The summed E-state index contributed by atoms with van der Waals surface area (Å²) in [7, 11) is 0. The van der Waals surface area contributed by atoms with Gasteiger partial charge >= 0.3 is 0 Å². The minimum Gasteiger partial charge on any atom is -0.484 e. The van der Waals surface area contributed by atoms with Gasteiger partial charge in [-0.1, -0.05) is 23.7 Å². The van der Waals surface area contributed by atoms with E-state index in [0.29, 0.717) is 5.75 Å². The van der Waals surface area contributed by atoms with Gasteiger partial charge < -0.3 is 4.74 Å². The summed E-state index contributed by atoms with van der Waals surface area (Å²) < 4.78 is 5.90. The van der Waals surface area contributed by atoms with Crippen LogP contribution in [0.2, 0.25) is 5.02 Å². The number of hydrazone groups is 1. The number of carbonyl (C=O) groups excluding carboxylic acids is 1. The van der Waals surface area contributed by atoms with E-state index >= 15 is 0 Å².